The van der Waals surface area contributed by atoms with E-state index in [1.54, 1.807) is 0 Å². The van der Waals surface area contributed by atoms with Gasteiger partial charge in [-0.2, -0.15) is 0 Å². The van der Waals surface area contributed by atoms with Gasteiger partial charge in [0.1, 0.15) is 10.7 Å². The summed E-state index contributed by atoms with van der Waals surface area (Å²) in [6.07, 6.45) is 3.67. The third kappa shape index (κ3) is 3.23. The fraction of sp³-hybridized carbons (Fsp3) is 0.125. The molecule has 2 heterocycles. The van der Waals surface area contributed by atoms with Crippen LogP contribution in [0.2, 0.25) is 0 Å². The summed E-state index contributed by atoms with van der Waals surface area (Å²) >= 11 is 0. The smallest absolute Gasteiger partial charge is 0.267 e. The van der Waals surface area contributed by atoms with Crippen molar-refractivity contribution in [2.45, 2.75) is 17.7 Å². The molecular formula is C16H16N4O3S. The maximum atomic E-state index is 12.2. The maximum Gasteiger partial charge on any atom is 0.267 e. The first-order chi connectivity index (χ1) is 11.5. The molecule has 0 spiro atoms. The third-order valence-corrected chi connectivity index (χ3v) is 5.05. The number of fused-ring (bicyclic) bond motifs is 1. The van der Waals surface area contributed by atoms with Gasteiger partial charge in [0.15, 0.2) is 0 Å². The van der Waals surface area contributed by atoms with E-state index in [0.29, 0.717) is 6.42 Å². The summed E-state index contributed by atoms with van der Waals surface area (Å²) in [5, 5.41) is 1.02. The molecule has 0 saturated heterocycles. The highest BCUT2D eigenvalue weighted by Crippen LogP contribution is 2.19. The molecule has 8 heteroatoms. The summed E-state index contributed by atoms with van der Waals surface area (Å²) in [5.74, 6) is -0.738. The normalized spacial score (nSPS) is 11.5. The van der Waals surface area contributed by atoms with E-state index in [-0.39, 0.29) is 17.1 Å². The van der Waals surface area contributed by atoms with Crippen LogP contribution in [0.5, 0.6) is 0 Å². The van der Waals surface area contributed by atoms with Gasteiger partial charge in [-0.15, -0.1) is 0 Å². The third-order valence-electron chi connectivity index (χ3n) is 3.63. The number of benzene rings is 1. The number of rotatable bonds is 5. The molecule has 0 radical (unpaired) electrons. The Morgan fingerprint density at radius 2 is 2.00 bits per heavy atom. The molecule has 0 aliphatic rings. The second-order valence-corrected chi connectivity index (χ2v) is 6.93. The van der Waals surface area contributed by atoms with Gasteiger partial charge in [0, 0.05) is 29.7 Å². The number of nitrogens with two attached hydrogens (primary N) is 1. The average molecular weight is 344 g/mol. The number of nitrogen functional groups attached to an aromatic ring is 1. The summed E-state index contributed by atoms with van der Waals surface area (Å²) in [6.45, 7) is 0. The van der Waals surface area contributed by atoms with E-state index in [2.05, 4.69) is 9.97 Å². The van der Waals surface area contributed by atoms with Crippen LogP contribution in [0.1, 0.15) is 12.0 Å². The Labute approximate surface area is 139 Å². The van der Waals surface area contributed by atoms with Gasteiger partial charge in [0.2, 0.25) is 5.91 Å². The Balaban J connectivity index is 1.69. The van der Waals surface area contributed by atoms with Crippen LogP contribution in [0.15, 0.2) is 53.7 Å². The number of carbonyl (C=O) groups excluding carboxylic acids is 1. The monoisotopic (exact) mass is 344 g/mol. The van der Waals surface area contributed by atoms with Gasteiger partial charge in [-0.25, -0.2) is 18.1 Å². The van der Waals surface area contributed by atoms with Gasteiger partial charge in [-0.1, -0.05) is 18.2 Å². The van der Waals surface area contributed by atoms with Gasteiger partial charge in [0.25, 0.3) is 10.0 Å². The molecule has 3 rings (SSSR count). The topological polar surface area (TPSA) is 118 Å². The highest BCUT2D eigenvalue weighted by molar-refractivity contribution is 7.90. The summed E-state index contributed by atoms with van der Waals surface area (Å²) in [7, 11) is -4.02. The number of amides is 1. The van der Waals surface area contributed by atoms with E-state index in [4.69, 9.17) is 5.73 Å². The van der Waals surface area contributed by atoms with Crippen molar-refractivity contribution in [3.8, 4) is 0 Å². The molecule has 0 fully saturated rings. The summed E-state index contributed by atoms with van der Waals surface area (Å²) in [5.41, 5.74) is 7.48. The number of pyridine rings is 1. The van der Waals surface area contributed by atoms with Gasteiger partial charge < -0.3 is 10.7 Å². The predicted molar refractivity (Wildman–Crippen MR) is 90.6 cm³/mol. The first-order valence-electron chi connectivity index (χ1n) is 7.28. The molecule has 1 aromatic carbocycles. The van der Waals surface area contributed by atoms with Crippen molar-refractivity contribution in [2.24, 2.45) is 0 Å². The number of aromatic amines is 1. The molecular weight excluding hydrogens is 328 g/mol. The van der Waals surface area contributed by atoms with E-state index in [0.717, 1.165) is 16.5 Å². The fourth-order valence-electron chi connectivity index (χ4n) is 2.47. The van der Waals surface area contributed by atoms with E-state index in [9.17, 15) is 13.2 Å². The number of aryl methyl sites for hydroxylation is 1. The predicted octanol–water partition coefficient (Wildman–Crippen LogP) is 1.58. The minimum atomic E-state index is -4.02. The number of nitrogens with zero attached hydrogens (tertiary/aromatic N) is 1. The van der Waals surface area contributed by atoms with Crippen LogP contribution in [0.4, 0.5) is 5.82 Å². The number of nitrogens with one attached hydrogen (secondary N) is 2. The number of sulfonamides is 1. The lowest BCUT2D eigenvalue weighted by atomic mass is 10.1. The number of aromatic nitrogens is 2. The average Bonchev–Trinajstić information content (AvgIpc) is 2.96. The molecule has 0 saturated carbocycles. The molecule has 24 heavy (non-hydrogen) atoms. The zero-order chi connectivity index (χ0) is 17.2. The van der Waals surface area contributed by atoms with Gasteiger partial charge >= 0.3 is 0 Å². The second-order valence-electron chi connectivity index (χ2n) is 5.27. The second kappa shape index (κ2) is 6.32. The Morgan fingerprint density at radius 3 is 2.79 bits per heavy atom. The van der Waals surface area contributed by atoms with Crippen LogP contribution in [0, 0.1) is 0 Å². The lowest BCUT2D eigenvalue weighted by Gasteiger charge is -2.08. The number of hydrogen-bond donors (Lipinski definition) is 3. The Morgan fingerprint density at radius 1 is 1.21 bits per heavy atom. The van der Waals surface area contributed by atoms with Crippen LogP contribution in [-0.2, 0) is 21.2 Å². The number of para-hydroxylation sites is 1. The van der Waals surface area contributed by atoms with Crippen LogP contribution >= 0.6 is 0 Å². The molecule has 124 valence electrons. The minimum Gasteiger partial charge on any atom is -0.383 e. The zero-order valence-electron chi connectivity index (χ0n) is 12.7. The number of carbonyl (C=O) groups is 1. The van der Waals surface area contributed by atoms with Crippen LogP contribution in [-0.4, -0.2) is 24.3 Å². The lowest BCUT2D eigenvalue weighted by Crippen LogP contribution is -2.31. The lowest BCUT2D eigenvalue weighted by molar-refractivity contribution is -0.119. The zero-order valence-corrected chi connectivity index (χ0v) is 13.5. The van der Waals surface area contributed by atoms with Crippen LogP contribution in [0.3, 0.4) is 0 Å². The molecule has 3 aromatic rings. The first kappa shape index (κ1) is 16.0. The van der Waals surface area contributed by atoms with Crippen molar-refractivity contribution >= 4 is 32.7 Å². The van der Waals surface area contributed by atoms with Gasteiger partial charge in [-0.3, -0.25) is 4.79 Å². The number of anilines is 1. The van der Waals surface area contributed by atoms with Gasteiger partial charge in [-0.05, 0) is 30.2 Å². The van der Waals surface area contributed by atoms with Crippen molar-refractivity contribution in [1.82, 2.24) is 14.7 Å². The molecule has 7 nitrogen and oxygen atoms in total. The van der Waals surface area contributed by atoms with Crippen LogP contribution in [0.25, 0.3) is 10.9 Å². The Bertz CT molecular complexity index is 995. The molecule has 0 atom stereocenters. The summed E-state index contributed by atoms with van der Waals surface area (Å²) < 4.78 is 26.4. The quantitative estimate of drug-likeness (QED) is 0.649. The molecule has 0 aliphatic heterocycles. The maximum absolute atomic E-state index is 12.2. The fourth-order valence-corrected chi connectivity index (χ4v) is 3.57. The van der Waals surface area contributed by atoms with E-state index in [1.807, 2.05) is 35.2 Å². The highest BCUT2D eigenvalue weighted by Gasteiger charge is 2.20. The minimum absolute atomic E-state index is 0.0429. The largest absolute Gasteiger partial charge is 0.383 e. The highest BCUT2D eigenvalue weighted by atomic mass is 32.2. The molecule has 0 unspecified atom stereocenters. The molecule has 0 aliphatic carbocycles. The van der Waals surface area contributed by atoms with E-state index < -0.39 is 15.9 Å². The Kier molecular flexibility index (Phi) is 4.22. The SMILES string of the molecule is Nc1ncccc1S(=O)(=O)NC(=O)CCc1c[nH]c2ccccc12. The summed E-state index contributed by atoms with van der Waals surface area (Å²) in [4.78, 5) is 18.6. The van der Waals surface area contributed by atoms with Gasteiger partial charge in [0.05, 0.1) is 0 Å². The molecule has 1 amide bonds. The standard InChI is InChI=1S/C16H16N4O3S/c17-16-14(6-3-9-18-16)24(22,23)20-15(21)8-7-11-10-19-13-5-2-1-4-12(11)13/h1-6,9-10,19H,7-8H2,(H2,17,18)(H,20,21). The first-order valence-corrected chi connectivity index (χ1v) is 8.77. The van der Waals surface area contributed by atoms with Crippen molar-refractivity contribution in [2.75, 3.05) is 5.73 Å². The number of hydrogen-bond acceptors (Lipinski definition) is 5. The van der Waals surface area contributed by atoms with Crippen molar-refractivity contribution in [1.29, 1.82) is 0 Å². The van der Waals surface area contributed by atoms with Crippen molar-refractivity contribution < 1.29 is 13.2 Å². The molecule has 2 aromatic heterocycles. The van der Waals surface area contributed by atoms with Crippen molar-refractivity contribution in [3.63, 3.8) is 0 Å². The number of H-pyrrole nitrogens is 1. The Hall–Kier alpha value is -2.87. The van der Waals surface area contributed by atoms with Crippen molar-refractivity contribution in [3.05, 3.63) is 54.4 Å². The van der Waals surface area contributed by atoms with E-state index >= 15 is 0 Å². The summed E-state index contributed by atoms with van der Waals surface area (Å²) in [6, 6.07) is 10.5. The van der Waals surface area contributed by atoms with E-state index in [1.165, 1.54) is 18.3 Å². The van der Waals surface area contributed by atoms with Crippen LogP contribution < -0.4 is 10.5 Å². The molecule has 4 N–H and O–H groups in total. The molecule has 0 bridgehead atoms.